The first-order valence-electron chi connectivity index (χ1n) is 7.77. The number of carbonyl (C=O) groups excluding carboxylic acids is 2. The molecule has 1 aromatic rings. The van der Waals surface area contributed by atoms with Crippen LogP contribution in [0.2, 0.25) is 0 Å². The summed E-state index contributed by atoms with van der Waals surface area (Å²) in [6.07, 6.45) is 3.37. The quantitative estimate of drug-likeness (QED) is 0.628. The van der Waals surface area contributed by atoms with Gasteiger partial charge in [-0.3, -0.25) is 9.59 Å². The van der Waals surface area contributed by atoms with E-state index >= 15 is 0 Å². The van der Waals surface area contributed by atoms with E-state index < -0.39 is 5.41 Å². The maximum Gasteiger partial charge on any atom is 0.319 e. The number of Topliss-reactive ketones (excluding diaryl/α,β-unsaturated/α-hetero) is 1. The second kappa shape index (κ2) is 6.42. The number of esters is 1. The Morgan fingerprint density at radius 2 is 1.90 bits per heavy atom. The fourth-order valence-corrected chi connectivity index (χ4v) is 3.26. The fourth-order valence-electron chi connectivity index (χ4n) is 3.26. The Kier molecular flexibility index (Phi) is 4.81. The van der Waals surface area contributed by atoms with Gasteiger partial charge in [0.25, 0.3) is 0 Å². The number of benzene rings is 1. The molecule has 0 N–H and O–H groups in total. The van der Waals surface area contributed by atoms with E-state index in [-0.39, 0.29) is 11.8 Å². The fraction of sp³-hybridized carbons (Fsp3) is 0.556. The Labute approximate surface area is 126 Å². The predicted molar refractivity (Wildman–Crippen MR) is 82.2 cm³/mol. The first kappa shape index (κ1) is 15.7. The van der Waals surface area contributed by atoms with Crippen molar-refractivity contribution in [2.24, 2.45) is 5.41 Å². The van der Waals surface area contributed by atoms with Crippen molar-refractivity contribution in [3.8, 4) is 0 Å². The van der Waals surface area contributed by atoms with Crippen molar-refractivity contribution in [2.75, 3.05) is 6.61 Å². The summed E-state index contributed by atoms with van der Waals surface area (Å²) in [5.41, 5.74) is 2.42. The lowest BCUT2D eigenvalue weighted by atomic mass is 9.68. The van der Waals surface area contributed by atoms with Crippen LogP contribution in [0.4, 0.5) is 0 Å². The minimum absolute atomic E-state index is 0.0508. The Morgan fingerprint density at radius 1 is 1.24 bits per heavy atom. The van der Waals surface area contributed by atoms with Crippen LogP contribution in [-0.4, -0.2) is 18.4 Å². The summed E-state index contributed by atoms with van der Waals surface area (Å²) >= 11 is 0. The molecule has 0 saturated heterocycles. The van der Waals surface area contributed by atoms with Crippen LogP contribution in [0.15, 0.2) is 18.2 Å². The smallest absolute Gasteiger partial charge is 0.319 e. The SMILES string of the molecule is CCOC(=O)C1(Cc2c(C)cccc2C)CCCCC1=O. The summed E-state index contributed by atoms with van der Waals surface area (Å²) in [5, 5.41) is 0. The van der Waals surface area contributed by atoms with E-state index in [4.69, 9.17) is 4.74 Å². The van der Waals surface area contributed by atoms with E-state index in [1.165, 1.54) is 0 Å². The molecule has 1 saturated carbocycles. The summed E-state index contributed by atoms with van der Waals surface area (Å²) in [5.74, 6) is -0.285. The largest absolute Gasteiger partial charge is 0.465 e. The van der Waals surface area contributed by atoms with Crippen LogP contribution in [0, 0.1) is 19.3 Å². The molecule has 1 atom stereocenters. The molecule has 0 radical (unpaired) electrons. The number of aryl methyl sites for hydroxylation is 2. The van der Waals surface area contributed by atoms with Crippen molar-refractivity contribution >= 4 is 11.8 Å². The molecule has 1 aromatic carbocycles. The third kappa shape index (κ3) is 3.02. The zero-order valence-electron chi connectivity index (χ0n) is 13.2. The third-order valence-electron chi connectivity index (χ3n) is 4.58. The zero-order valence-corrected chi connectivity index (χ0v) is 13.2. The molecule has 1 aliphatic rings. The van der Waals surface area contributed by atoms with E-state index in [9.17, 15) is 9.59 Å². The number of rotatable bonds is 4. The summed E-state index contributed by atoms with van der Waals surface area (Å²) in [7, 11) is 0. The lowest BCUT2D eigenvalue weighted by Crippen LogP contribution is -2.45. The van der Waals surface area contributed by atoms with Crippen LogP contribution in [0.5, 0.6) is 0 Å². The van der Waals surface area contributed by atoms with Crippen LogP contribution in [0.25, 0.3) is 0 Å². The van der Waals surface area contributed by atoms with Gasteiger partial charge in [0, 0.05) is 6.42 Å². The van der Waals surface area contributed by atoms with Crippen molar-refractivity contribution in [2.45, 2.75) is 52.9 Å². The second-order valence-electron chi connectivity index (χ2n) is 5.98. The standard InChI is InChI=1S/C18H24O3/c1-4-21-17(20)18(11-6-5-10-16(18)19)12-15-13(2)8-7-9-14(15)3/h7-9H,4-6,10-12H2,1-3H3. The number of hydrogen-bond acceptors (Lipinski definition) is 3. The van der Waals surface area contributed by atoms with Gasteiger partial charge in [-0.1, -0.05) is 24.6 Å². The lowest BCUT2D eigenvalue weighted by Gasteiger charge is -2.34. The molecule has 1 aliphatic carbocycles. The van der Waals surface area contributed by atoms with Crippen LogP contribution >= 0.6 is 0 Å². The molecule has 2 rings (SSSR count). The highest BCUT2D eigenvalue weighted by molar-refractivity contribution is 6.04. The van der Waals surface area contributed by atoms with Crippen molar-refractivity contribution in [1.29, 1.82) is 0 Å². The molecule has 0 heterocycles. The Morgan fingerprint density at radius 3 is 2.48 bits per heavy atom. The average molecular weight is 288 g/mol. The van der Waals surface area contributed by atoms with E-state index in [1.54, 1.807) is 6.92 Å². The first-order chi connectivity index (χ1) is 10.0. The zero-order chi connectivity index (χ0) is 15.5. The summed E-state index contributed by atoms with van der Waals surface area (Å²) in [4.78, 5) is 25.1. The Balaban J connectivity index is 2.41. The number of carbonyl (C=O) groups is 2. The maximum atomic E-state index is 12.6. The number of ketones is 1. The van der Waals surface area contributed by atoms with Crippen LogP contribution < -0.4 is 0 Å². The topological polar surface area (TPSA) is 43.4 Å². The Hall–Kier alpha value is -1.64. The molecule has 0 spiro atoms. The van der Waals surface area contributed by atoms with Crippen molar-refractivity contribution in [3.05, 3.63) is 34.9 Å². The van der Waals surface area contributed by atoms with E-state index in [1.807, 2.05) is 32.0 Å². The number of ether oxygens (including phenoxy) is 1. The van der Waals surface area contributed by atoms with E-state index in [0.29, 0.717) is 25.9 Å². The van der Waals surface area contributed by atoms with Gasteiger partial charge in [-0.2, -0.15) is 0 Å². The van der Waals surface area contributed by atoms with Crippen molar-refractivity contribution in [1.82, 2.24) is 0 Å². The molecule has 1 fully saturated rings. The summed E-state index contributed by atoms with van der Waals surface area (Å²) in [6.45, 7) is 6.18. The molecular weight excluding hydrogens is 264 g/mol. The minimum Gasteiger partial charge on any atom is -0.465 e. The van der Waals surface area contributed by atoms with Gasteiger partial charge in [-0.25, -0.2) is 0 Å². The van der Waals surface area contributed by atoms with Gasteiger partial charge in [0.05, 0.1) is 6.61 Å². The highest BCUT2D eigenvalue weighted by Crippen LogP contribution is 2.39. The minimum atomic E-state index is -0.967. The van der Waals surface area contributed by atoms with Gasteiger partial charge in [-0.15, -0.1) is 0 Å². The lowest BCUT2D eigenvalue weighted by molar-refractivity contribution is -0.162. The number of hydrogen-bond donors (Lipinski definition) is 0. The monoisotopic (exact) mass is 288 g/mol. The van der Waals surface area contributed by atoms with Crippen LogP contribution in [0.1, 0.15) is 49.3 Å². The average Bonchev–Trinajstić information content (AvgIpc) is 2.45. The maximum absolute atomic E-state index is 12.6. The molecule has 1 unspecified atom stereocenters. The third-order valence-corrected chi connectivity index (χ3v) is 4.58. The van der Waals surface area contributed by atoms with Crippen LogP contribution in [-0.2, 0) is 20.7 Å². The Bertz CT molecular complexity index is 527. The van der Waals surface area contributed by atoms with Gasteiger partial charge in [0.2, 0.25) is 0 Å². The molecule has 21 heavy (non-hydrogen) atoms. The molecule has 114 valence electrons. The van der Waals surface area contributed by atoms with E-state index in [0.717, 1.165) is 29.5 Å². The molecule has 0 bridgehead atoms. The van der Waals surface area contributed by atoms with Gasteiger partial charge in [0.15, 0.2) is 5.78 Å². The van der Waals surface area contributed by atoms with Gasteiger partial charge >= 0.3 is 5.97 Å². The molecule has 3 nitrogen and oxygen atoms in total. The normalized spacial score (nSPS) is 22.1. The van der Waals surface area contributed by atoms with Gasteiger partial charge < -0.3 is 4.74 Å². The molecule has 0 amide bonds. The van der Waals surface area contributed by atoms with Crippen molar-refractivity contribution in [3.63, 3.8) is 0 Å². The van der Waals surface area contributed by atoms with Crippen molar-refractivity contribution < 1.29 is 14.3 Å². The summed E-state index contributed by atoms with van der Waals surface area (Å²) < 4.78 is 5.25. The van der Waals surface area contributed by atoms with Crippen LogP contribution in [0.3, 0.4) is 0 Å². The van der Waals surface area contributed by atoms with Gasteiger partial charge in [-0.05, 0) is 56.7 Å². The first-order valence-corrected chi connectivity index (χ1v) is 7.77. The van der Waals surface area contributed by atoms with E-state index in [2.05, 4.69) is 0 Å². The molecule has 0 aliphatic heterocycles. The molecule has 3 heteroatoms. The van der Waals surface area contributed by atoms with Gasteiger partial charge in [0.1, 0.15) is 5.41 Å². The predicted octanol–water partition coefficient (Wildman–Crippen LogP) is 3.54. The second-order valence-corrected chi connectivity index (χ2v) is 5.98. The molecule has 0 aromatic heterocycles. The summed E-state index contributed by atoms with van der Waals surface area (Å²) in [6, 6.07) is 6.08. The molecular formula is C18H24O3. The highest BCUT2D eigenvalue weighted by atomic mass is 16.5. The highest BCUT2D eigenvalue weighted by Gasteiger charge is 2.48.